The van der Waals surface area contributed by atoms with Crippen LogP contribution in [0.2, 0.25) is 0 Å². The number of hydrogen-bond donors (Lipinski definition) is 1. The molecule has 3 aromatic heterocycles. The smallest absolute Gasteiger partial charge is 0.270 e. The molecule has 4 aromatic rings. The van der Waals surface area contributed by atoms with Crippen LogP contribution in [0, 0.1) is 5.82 Å². The number of benzene rings is 1. The van der Waals surface area contributed by atoms with E-state index in [1.54, 1.807) is 13.0 Å². The number of alkyl halides is 2. The molecule has 3 heterocycles. The van der Waals surface area contributed by atoms with Gasteiger partial charge in [0.15, 0.2) is 9.84 Å². The molecule has 36 heavy (non-hydrogen) atoms. The third-order valence-corrected chi connectivity index (χ3v) is 6.42. The lowest BCUT2D eigenvalue weighted by atomic mass is 10.0. The number of carbonyl (C=O) groups is 1. The molecule has 0 spiro atoms. The fraction of sp³-hybridized carbons (Fsp3) is 0.208. The lowest BCUT2D eigenvalue weighted by molar-refractivity contribution is 0.0172. The van der Waals surface area contributed by atoms with Crippen molar-refractivity contribution in [2.45, 2.75) is 30.7 Å². The summed E-state index contributed by atoms with van der Waals surface area (Å²) in [5, 5.41) is 2.66. The highest BCUT2D eigenvalue weighted by Gasteiger charge is 2.28. The number of fused-ring (bicyclic) bond motifs is 1. The van der Waals surface area contributed by atoms with Crippen molar-refractivity contribution in [1.82, 2.24) is 25.3 Å². The number of aromatic nitrogens is 4. The normalized spacial score (nSPS) is 12.9. The molecule has 0 aliphatic carbocycles. The number of rotatable bonds is 6. The van der Waals surface area contributed by atoms with E-state index in [1.807, 2.05) is 0 Å². The maximum Gasteiger partial charge on any atom is 0.270 e. The molecule has 12 heteroatoms. The Bertz CT molecular complexity index is 1570. The van der Waals surface area contributed by atoms with Gasteiger partial charge in [-0.15, -0.1) is 0 Å². The Kier molecular flexibility index (Phi) is 6.48. The van der Waals surface area contributed by atoms with E-state index in [2.05, 4.69) is 25.3 Å². The second-order valence-corrected chi connectivity index (χ2v) is 10.3. The number of pyridine rings is 2. The summed E-state index contributed by atoms with van der Waals surface area (Å²) in [6, 6.07) is 6.23. The van der Waals surface area contributed by atoms with Crippen LogP contribution in [0.3, 0.4) is 0 Å². The molecule has 8 nitrogen and oxygen atoms in total. The summed E-state index contributed by atoms with van der Waals surface area (Å²) in [7, 11) is -3.87. The van der Waals surface area contributed by atoms with Crippen molar-refractivity contribution >= 4 is 26.8 Å². The third-order valence-electron chi connectivity index (χ3n) is 5.33. The predicted octanol–water partition coefficient (Wildman–Crippen LogP) is 4.23. The Balaban J connectivity index is 1.76. The Labute approximate surface area is 204 Å². The van der Waals surface area contributed by atoms with Crippen LogP contribution < -0.4 is 5.32 Å². The molecule has 0 saturated heterocycles. The zero-order valence-electron chi connectivity index (χ0n) is 19.3. The van der Waals surface area contributed by atoms with Crippen molar-refractivity contribution in [3.63, 3.8) is 0 Å². The van der Waals surface area contributed by atoms with Crippen molar-refractivity contribution < 1.29 is 26.4 Å². The van der Waals surface area contributed by atoms with Crippen molar-refractivity contribution in [3.05, 3.63) is 77.6 Å². The Morgan fingerprint density at radius 2 is 1.81 bits per heavy atom. The molecule has 1 N–H and O–H groups in total. The fourth-order valence-corrected chi connectivity index (χ4v) is 4.15. The van der Waals surface area contributed by atoms with Crippen molar-refractivity contribution in [1.29, 1.82) is 0 Å². The van der Waals surface area contributed by atoms with Gasteiger partial charge in [-0.2, -0.15) is 0 Å². The van der Waals surface area contributed by atoms with E-state index >= 15 is 0 Å². The molecular weight excluding hydrogens is 495 g/mol. The predicted molar refractivity (Wildman–Crippen MR) is 126 cm³/mol. The van der Waals surface area contributed by atoms with Crippen molar-refractivity contribution in [2.75, 3.05) is 6.26 Å². The number of nitrogens with one attached hydrogen (secondary N) is 1. The lowest BCUT2D eigenvalue weighted by Crippen LogP contribution is -2.28. The first-order valence-electron chi connectivity index (χ1n) is 10.6. The van der Waals surface area contributed by atoms with Crippen LogP contribution in [-0.4, -0.2) is 40.5 Å². The molecule has 0 radical (unpaired) electrons. The number of amides is 1. The van der Waals surface area contributed by atoms with E-state index in [-0.39, 0.29) is 22.6 Å². The summed E-state index contributed by atoms with van der Waals surface area (Å²) in [5.41, 5.74) is 0.863. The van der Waals surface area contributed by atoms with Gasteiger partial charge in [-0.05, 0) is 43.3 Å². The van der Waals surface area contributed by atoms with Gasteiger partial charge >= 0.3 is 0 Å². The highest BCUT2D eigenvalue weighted by atomic mass is 32.2. The van der Waals surface area contributed by atoms with E-state index < -0.39 is 44.0 Å². The minimum Gasteiger partial charge on any atom is -0.344 e. The number of carbonyl (C=O) groups excluding carboxylic acids is 1. The van der Waals surface area contributed by atoms with Crippen LogP contribution in [0.4, 0.5) is 13.2 Å². The first-order valence-corrected chi connectivity index (χ1v) is 12.5. The quantitative estimate of drug-likeness (QED) is 0.409. The minimum absolute atomic E-state index is 0.258. The van der Waals surface area contributed by atoms with Gasteiger partial charge in [-0.1, -0.05) is 0 Å². The highest BCUT2D eigenvalue weighted by Crippen LogP contribution is 2.31. The second kappa shape index (κ2) is 9.26. The van der Waals surface area contributed by atoms with Crippen LogP contribution in [0.1, 0.15) is 41.5 Å². The van der Waals surface area contributed by atoms with Gasteiger partial charge in [0.1, 0.15) is 17.0 Å². The van der Waals surface area contributed by atoms with Gasteiger partial charge in [-0.25, -0.2) is 31.6 Å². The maximum absolute atomic E-state index is 14.0. The first-order chi connectivity index (χ1) is 16.8. The molecule has 186 valence electrons. The highest BCUT2D eigenvalue weighted by molar-refractivity contribution is 7.90. The van der Waals surface area contributed by atoms with Gasteiger partial charge in [-0.3, -0.25) is 14.8 Å². The summed E-state index contributed by atoms with van der Waals surface area (Å²) >= 11 is 0. The van der Waals surface area contributed by atoms with Crippen LogP contribution in [0.15, 0.2) is 59.9 Å². The molecule has 1 atom stereocenters. The average Bonchev–Trinajstić information content (AvgIpc) is 2.82. The molecule has 1 amide bonds. The number of hydrogen-bond acceptors (Lipinski definition) is 7. The summed E-state index contributed by atoms with van der Waals surface area (Å²) in [4.78, 5) is 29.8. The molecule has 0 aliphatic heterocycles. The molecule has 0 saturated carbocycles. The second-order valence-electron chi connectivity index (χ2n) is 8.29. The van der Waals surface area contributed by atoms with Crippen LogP contribution in [0.25, 0.3) is 22.4 Å². The van der Waals surface area contributed by atoms with E-state index in [4.69, 9.17) is 0 Å². The van der Waals surface area contributed by atoms with Crippen molar-refractivity contribution in [2.24, 2.45) is 0 Å². The summed E-state index contributed by atoms with van der Waals surface area (Å²) in [6.45, 7) is 2.21. The zero-order valence-corrected chi connectivity index (χ0v) is 20.1. The summed E-state index contributed by atoms with van der Waals surface area (Å²) in [6.07, 6.45) is 4.89. The topological polar surface area (TPSA) is 115 Å². The molecule has 4 rings (SSSR count). The number of sulfone groups is 1. The monoisotopic (exact) mass is 515 g/mol. The van der Waals surface area contributed by atoms with Crippen molar-refractivity contribution in [3.8, 4) is 11.4 Å². The molecule has 0 bridgehead atoms. The summed E-state index contributed by atoms with van der Waals surface area (Å²) in [5.74, 6) is -4.72. The molecule has 1 unspecified atom stereocenters. The van der Waals surface area contributed by atoms with Crippen LogP contribution >= 0.6 is 0 Å². The van der Waals surface area contributed by atoms with E-state index in [0.717, 1.165) is 30.7 Å². The zero-order chi connectivity index (χ0) is 26.3. The van der Waals surface area contributed by atoms with Gasteiger partial charge in [0.25, 0.3) is 11.8 Å². The van der Waals surface area contributed by atoms with E-state index in [9.17, 15) is 26.4 Å². The summed E-state index contributed by atoms with van der Waals surface area (Å²) < 4.78 is 65.6. The van der Waals surface area contributed by atoms with Gasteiger partial charge < -0.3 is 5.32 Å². The number of halogens is 3. The standard InChI is InChI=1S/C24H20F3N5O3S/c1-13(30-23(33)14-8-15(24(2,26)27)10-17(9-14)36(3,34)35)21-22(19-5-4-16(25)11-29-19)32-20-12-28-7-6-18(20)31-21/h4-13H,1-3H3,(H,30,33). The molecule has 0 aliphatic rings. The van der Waals surface area contributed by atoms with Crippen LogP contribution in [-0.2, 0) is 15.8 Å². The maximum atomic E-state index is 14.0. The Morgan fingerprint density at radius 3 is 2.44 bits per heavy atom. The van der Waals surface area contributed by atoms with Gasteiger partial charge in [0, 0.05) is 30.5 Å². The van der Waals surface area contributed by atoms with Gasteiger partial charge in [0.05, 0.1) is 40.2 Å². The van der Waals surface area contributed by atoms with E-state index in [0.29, 0.717) is 18.0 Å². The SMILES string of the molecule is CC(NC(=O)c1cc(C(C)(F)F)cc(S(C)(=O)=O)c1)c1nc2ccncc2nc1-c1ccc(F)cn1. The molecule has 0 fully saturated rings. The number of nitrogens with zero attached hydrogens (tertiary/aromatic N) is 4. The first kappa shape index (κ1) is 25.2. The Morgan fingerprint density at radius 1 is 1.06 bits per heavy atom. The van der Waals surface area contributed by atoms with Crippen LogP contribution in [0.5, 0.6) is 0 Å². The Hall–Kier alpha value is -3.93. The molecule has 1 aromatic carbocycles. The molecular formula is C24H20F3N5O3S. The third kappa shape index (κ3) is 5.33. The largest absolute Gasteiger partial charge is 0.344 e. The average molecular weight is 516 g/mol. The van der Waals surface area contributed by atoms with E-state index in [1.165, 1.54) is 24.5 Å². The fourth-order valence-electron chi connectivity index (χ4n) is 3.47. The lowest BCUT2D eigenvalue weighted by Gasteiger charge is -2.18. The minimum atomic E-state index is -3.87. The van der Waals surface area contributed by atoms with Gasteiger partial charge in [0.2, 0.25) is 0 Å².